The smallest absolute Gasteiger partial charge is 0.148 e. The maximum absolute atomic E-state index is 5.80. The molecule has 1 rings (SSSR count). The summed E-state index contributed by atoms with van der Waals surface area (Å²) in [7, 11) is 0. The van der Waals surface area contributed by atoms with Crippen LogP contribution in [0.1, 0.15) is 39.0 Å². The summed E-state index contributed by atoms with van der Waals surface area (Å²) in [6, 6.07) is 3.98. The molecule has 0 saturated heterocycles. The minimum atomic E-state index is 0.775. The lowest BCUT2D eigenvalue weighted by Crippen LogP contribution is -1.99. The molecule has 0 saturated carbocycles. The van der Waals surface area contributed by atoms with Crippen LogP contribution in [-0.2, 0) is 0 Å². The first-order valence-corrected chi connectivity index (χ1v) is 8.31. The Morgan fingerprint density at radius 2 is 1.59 bits per heavy atom. The highest BCUT2D eigenvalue weighted by Crippen LogP contribution is 2.38. The SMILES string of the molecule is CCCCCCCOc1c(Br)ccc(Br)c1Br. The number of ether oxygens (including phenoxy) is 1. The molecule has 96 valence electrons. The minimum absolute atomic E-state index is 0.775. The van der Waals surface area contributed by atoms with Gasteiger partial charge in [-0.3, -0.25) is 0 Å². The van der Waals surface area contributed by atoms with Crippen LogP contribution >= 0.6 is 47.8 Å². The summed E-state index contributed by atoms with van der Waals surface area (Å²) in [6.07, 6.45) is 6.27. The number of halogens is 3. The fourth-order valence-electron chi connectivity index (χ4n) is 1.52. The molecule has 0 bridgehead atoms. The highest BCUT2D eigenvalue weighted by atomic mass is 79.9. The van der Waals surface area contributed by atoms with E-state index in [1.807, 2.05) is 12.1 Å². The number of rotatable bonds is 7. The molecule has 0 radical (unpaired) electrons. The van der Waals surface area contributed by atoms with Crippen molar-refractivity contribution in [2.24, 2.45) is 0 Å². The van der Waals surface area contributed by atoms with Crippen molar-refractivity contribution >= 4 is 47.8 Å². The van der Waals surface area contributed by atoms with Crippen LogP contribution in [0.5, 0.6) is 5.75 Å². The summed E-state index contributed by atoms with van der Waals surface area (Å²) in [5.74, 6) is 0.884. The van der Waals surface area contributed by atoms with Crippen LogP contribution in [0.3, 0.4) is 0 Å². The predicted molar refractivity (Wildman–Crippen MR) is 83.8 cm³/mol. The van der Waals surface area contributed by atoms with Crippen LogP contribution in [0.15, 0.2) is 25.6 Å². The number of hydrogen-bond acceptors (Lipinski definition) is 1. The highest BCUT2D eigenvalue weighted by Gasteiger charge is 2.09. The maximum atomic E-state index is 5.80. The van der Waals surface area contributed by atoms with Crippen molar-refractivity contribution in [1.82, 2.24) is 0 Å². The van der Waals surface area contributed by atoms with Gasteiger partial charge in [-0.1, -0.05) is 32.6 Å². The van der Waals surface area contributed by atoms with E-state index in [1.165, 1.54) is 25.7 Å². The topological polar surface area (TPSA) is 9.23 Å². The fourth-order valence-corrected chi connectivity index (χ4v) is 3.00. The zero-order chi connectivity index (χ0) is 12.7. The summed E-state index contributed by atoms with van der Waals surface area (Å²) < 4.78 is 8.78. The molecule has 0 N–H and O–H groups in total. The Balaban J connectivity index is 2.39. The summed E-state index contributed by atoms with van der Waals surface area (Å²) >= 11 is 10.5. The zero-order valence-electron chi connectivity index (χ0n) is 9.94. The molecule has 1 nitrogen and oxygen atoms in total. The summed E-state index contributed by atoms with van der Waals surface area (Å²) in [5.41, 5.74) is 0. The molecule has 1 aromatic carbocycles. The standard InChI is InChI=1S/C13H17Br3O/c1-2-3-4-5-6-9-17-13-11(15)8-7-10(14)12(13)16/h7-8H,2-6,9H2,1H3. The van der Waals surface area contributed by atoms with Crippen LogP contribution < -0.4 is 4.74 Å². The van der Waals surface area contributed by atoms with E-state index in [0.717, 1.165) is 32.2 Å². The minimum Gasteiger partial charge on any atom is -0.491 e. The Hall–Kier alpha value is 0.460. The van der Waals surface area contributed by atoms with E-state index in [0.29, 0.717) is 0 Å². The van der Waals surface area contributed by atoms with Crippen molar-refractivity contribution < 1.29 is 4.74 Å². The Kier molecular flexibility index (Phi) is 7.80. The second-order valence-electron chi connectivity index (χ2n) is 3.93. The van der Waals surface area contributed by atoms with Crippen molar-refractivity contribution in [2.75, 3.05) is 6.61 Å². The molecule has 17 heavy (non-hydrogen) atoms. The van der Waals surface area contributed by atoms with E-state index in [9.17, 15) is 0 Å². The molecule has 0 aliphatic rings. The molecule has 0 spiro atoms. The van der Waals surface area contributed by atoms with Crippen LogP contribution in [-0.4, -0.2) is 6.61 Å². The molecular weight excluding hydrogens is 412 g/mol. The number of benzene rings is 1. The number of hydrogen-bond donors (Lipinski definition) is 0. The summed E-state index contributed by atoms with van der Waals surface area (Å²) in [6.45, 7) is 3.00. The average molecular weight is 429 g/mol. The maximum Gasteiger partial charge on any atom is 0.148 e. The van der Waals surface area contributed by atoms with E-state index in [2.05, 4.69) is 54.7 Å². The number of unbranched alkanes of at least 4 members (excludes halogenated alkanes) is 4. The van der Waals surface area contributed by atoms with Crippen molar-refractivity contribution in [2.45, 2.75) is 39.0 Å². The van der Waals surface area contributed by atoms with Crippen LogP contribution in [0.2, 0.25) is 0 Å². The second-order valence-corrected chi connectivity index (χ2v) is 6.44. The molecule has 0 unspecified atom stereocenters. The van der Waals surface area contributed by atoms with Gasteiger partial charge in [0.2, 0.25) is 0 Å². The highest BCUT2D eigenvalue weighted by molar-refractivity contribution is 9.13. The summed E-state index contributed by atoms with van der Waals surface area (Å²) in [5, 5.41) is 0. The molecule has 0 fully saturated rings. The van der Waals surface area contributed by atoms with Gasteiger partial charge in [-0.2, -0.15) is 0 Å². The molecule has 4 heteroatoms. The first kappa shape index (κ1) is 15.5. The van der Waals surface area contributed by atoms with Gasteiger partial charge in [0.25, 0.3) is 0 Å². The molecule has 0 aliphatic heterocycles. The average Bonchev–Trinajstić information content (AvgIpc) is 2.32. The van der Waals surface area contributed by atoms with Gasteiger partial charge < -0.3 is 4.74 Å². The van der Waals surface area contributed by atoms with Gasteiger partial charge >= 0.3 is 0 Å². The van der Waals surface area contributed by atoms with Crippen molar-refractivity contribution in [3.05, 3.63) is 25.6 Å². The van der Waals surface area contributed by atoms with Gasteiger partial charge in [0.15, 0.2) is 0 Å². The Labute approximate surface area is 129 Å². The third kappa shape index (κ3) is 5.31. The van der Waals surface area contributed by atoms with Gasteiger partial charge in [-0.05, 0) is 66.3 Å². The van der Waals surface area contributed by atoms with Gasteiger partial charge in [0.1, 0.15) is 5.75 Å². The van der Waals surface area contributed by atoms with Crippen LogP contribution in [0, 0.1) is 0 Å². The van der Waals surface area contributed by atoms with Gasteiger partial charge in [0, 0.05) is 4.47 Å². The predicted octanol–water partition coefficient (Wildman–Crippen LogP) is 6.32. The third-order valence-corrected chi connectivity index (χ3v) is 5.10. The monoisotopic (exact) mass is 426 g/mol. The third-order valence-electron chi connectivity index (χ3n) is 2.50. The van der Waals surface area contributed by atoms with Crippen LogP contribution in [0.4, 0.5) is 0 Å². The molecular formula is C13H17Br3O. The summed E-state index contributed by atoms with van der Waals surface area (Å²) in [4.78, 5) is 0. The lowest BCUT2D eigenvalue weighted by molar-refractivity contribution is 0.301. The Bertz CT molecular complexity index is 353. The van der Waals surface area contributed by atoms with E-state index in [4.69, 9.17) is 4.74 Å². The quantitative estimate of drug-likeness (QED) is 0.364. The molecule has 0 amide bonds. The molecule has 0 atom stereocenters. The van der Waals surface area contributed by atoms with Crippen LogP contribution in [0.25, 0.3) is 0 Å². The largest absolute Gasteiger partial charge is 0.491 e. The zero-order valence-corrected chi connectivity index (χ0v) is 14.7. The molecule has 1 aromatic rings. The Morgan fingerprint density at radius 3 is 2.29 bits per heavy atom. The molecule has 0 aliphatic carbocycles. The molecule has 0 heterocycles. The van der Waals surface area contributed by atoms with Gasteiger partial charge in [-0.25, -0.2) is 0 Å². The van der Waals surface area contributed by atoms with E-state index in [1.54, 1.807) is 0 Å². The lowest BCUT2D eigenvalue weighted by Gasteiger charge is -2.11. The van der Waals surface area contributed by atoms with Crippen molar-refractivity contribution in [1.29, 1.82) is 0 Å². The first-order chi connectivity index (χ1) is 8.16. The molecule has 0 aromatic heterocycles. The fraction of sp³-hybridized carbons (Fsp3) is 0.538. The normalized spacial score (nSPS) is 10.6. The second kappa shape index (κ2) is 8.54. The lowest BCUT2D eigenvalue weighted by atomic mass is 10.2. The van der Waals surface area contributed by atoms with E-state index >= 15 is 0 Å². The van der Waals surface area contributed by atoms with Crippen molar-refractivity contribution in [3.8, 4) is 5.75 Å². The van der Waals surface area contributed by atoms with Gasteiger partial charge in [-0.15, -0.1) is 0 Å². The van der Waals surface area contributed by atoms with E-state index in [-0.39, 0.29) is 0 Å². The van der Waals surface area contributed by atoms with Gasteiger partial charge in [0.05, 0.1) is 15.6 Å². The van der Waals surface area contributed by atoms with Crippen molar-refractivity contribution in [3.63, 3.8) is 0 Å². The first-order valence-electron chi connectivity index (χ1n) is 5.93. The van der Waals surface area contributed by atoms with E-state index < -0.39 is 0 Å². The Morgan fingerprint density at radius 1 is 0.941 bits per heavy atom.